The Labute approximate surface area is 112 Å². The number of thiazole rings is 1. The summed E-state index contributed by atoms with van der Waals surface area (Å²) in [6, 6.07) is 0.335. The zero-order valence-corrected chi connectivity index (χ0v) is 12.4. The average Bonchev–Trinajstić information content (AvgIpc) is 2.84. The van der Waals surface area contributed by atoms with Gasteiger partial charge in [0.25, 0.3) is 0 Å². The number of rotatable bonds is 4. The van der Waals surface area contributed by atoms with Gasteiger partial charge in [0.05, 0.1) is 10.7 Å². The highest BCUT2D eigenvalue weighted by Gasteiger charge is 2.15. The van der Waals surface area contributed by atoms with Crippen LogP contribution in [0.3, 0.4) is 0 Å². The van der Waals surface area contributed by atoms with E-state index in [1.807, 2.05) is 14.0 Å². The van der Waals surface area contributed by atoms with Crippen LogP contribution in [-0.2, 0) is 6.42 Å². The van der Waals surface area contributed by atoms with E-state index in [1.54, 1.807) is 22.7 Å². The van der Waals surface area contributed by atoms with Gasteiger partial charge in [-0.05, 0) is 40.8 Å². The molecule has 0 aromatic carbocycles. The largest absolute Gasteiger partial charge is 0.313 e. The van der Waals surface area contributed by atoms with Crippen molar-refractivity contribution in [1.29, 1.82) is 0 Å². The fourth-order valence-electron chi connectivity index (χ4n) is 1.62. The van der Waals surface area contributed by atoms with Gasteiger partial charge in [0.2, 0.25) is 0 Å². The second-order valence-corrected chi connectivity index (χ2v) is 6.24. The van der Waals surface area contributed by atoms with E-state index in [0.29, 0.717) is 6.04 Å². The third-order valence-electron chi connectivity index (χ3n) is 2.45. The predicted octanol–water partition coefficient (Wildman–Crippen LogP) is 3.78. The molecule has 0 radical (unpaired) electrons. The van der Waals surface area contributed by atoms with E-state index in [-0.39, 0.29) is 0 Å². The maximum absolute atomic E-state index is 4.50. The van der Waals surface area contributed by atoms with Crippen LogP contribution in [0, 0.1) is 6.92 Å². The maximum Gasteiger partial charge on any atom is 0.0897 e. The summed E-state index contributed by atoms with van der Waals surface area (Å²) in [5.41, 5.74) is 2.48. The highest BCUT2D eigenvalue weighted by molar-refractivity contribution is 9.10. The Morgan fingerprint density at radius 1 is 1.44 bits per heavy atom. The number of aromatic nitrogens is 1. The van der Waals surface area contributed by atoms with E-state index in [2.05, 4.69) is 42.4 Å². The summed E-state index contributed by atoms with van der Waals surface area (Å²) in [5.74, 6) is 0. The Bertz CT molecular complexity index is 464. The van der Waals surface area contributed by atoms with Gasteiger partial charge in [-0.1, -0.05) is 0 Å². The lowest BCUT2D eigenvalue weighted by Crippen LogP contribution is -2.18. The van der Waals surface area contributed by atoms with Crippen LogP contribution in [0.5, 0.6) is 0 Å². The average molecular weight is 317 g/mol. The van der Waals surface area contributed by atoms with Gasteiger partial charge in [-0.2, -0.15) is 11.3 Å². The van der Waals surface area contributed by atoms with Gasteiger partial charge < -0.3 is 5.32 Å². The molecule has 0 saturated carbocycles. The fraction of sp³-hybridized carbons (Fsp3) is 0.364. The summed E-state index contributed by atoms with van der Waals surface area (Å²) in [4.78, 5) is 4.50. The molecule has 2 aromatic heterocycles. The monoisotopic (exact) mass is 316 g/mol. The normalized spacial score (nSPS) is 12.9. The number of likely N-dealkylation sites (N-methyl/N-ethyl adjacent to an activating group) is 1. The topological polar surface area (TPSA) is 24.9 Å². The molecule has 0 fully saturated rings. The molecule has 0 spiro atoms. The molecule has 86 valence electrons. The third kappa shape index (κ3) is 2.71. The minimum absolute atomic E-state index is 0.335. The quantitative estimate of drug-likeness (QED) is 0.928. The summed E-state index contributed by atoms with van der Waals surface area (Å²) in [7, 11) is 1.99. The summed E-state index contributed by atoms with van der Waals surface area (Å²) < 4.78 is 1.18. The highest BCUT2D eigenvalue weighted by atomic mass is 79.9. The summed E-state index contributed by atoms with van der Waals surface area (Å²) in [5, 5.41) is 10.9. The first kappa shape index (κ1) is 12.2. The molecule has 0 aliphatic rings. The summed E-state index contributed by atoms with van der Waals surface area (Å²) in [6.07, 6.45) is 0.941. The summed E-state index contributed by atoms with van der Waals surface area (Å²) in [6.45, 7) is 2.04. The SMILES string of the molecule is CNC(Cc1csc(C)n1)c1cscc1Br. The van der Waals surface area contributed by atoms with Crippen molar-refractivity contribution in [3.05, 3.63) is 36.9 Å². The number of thiophene rings is 1. The van der Waals surface area contributed by atoms with Crippen LogP contribution in [-0.4, -0.2) is 12.0 Å². The molecular weight excluding hydrogens is 304 g/mol. The van der Waals surface area contributed by atoms with Crippen molar-refractivity contribution >= 4 is 38.6 Å². The van der Waals surface area contributed by atoms with E-state index in [9.17, 15) is 0 Å². The molecule has 1 N–H and O–H groups in total. The molecule has 0 aliphatic carbocycles. The number of hydrogen-bond donors (Lipinski definition) is 1. The lowest BCUT2D eigenvalue weighted by atomic mass is 10.1. The van der Waals surface area contributed by atoms with E-state index in [4.69, 9.17) is 0 Å². The van der Waals surface area contributed by atoms with Crippen LogP contribution in [0.25, 0.3) is 0 Å². The lowest BCUT2D eigenvalue weighted by molar-refractivity contribution is 0.585. The van der Waals surface area contributed by atoms with Crippen molar-refractivity contribution in [3.8, 4) is 0 Å². The molecule has 0 bridgehead atoms. The minimum atomic E-state index is 0.335. The highest BCUT2D eigenvalue weighted by Crippen LogP contribution is 2.29. The zero-order valence-electron chi connectivity index (χ0n) is 9.16. The molecule has 2 aromatic rings. The number of nitrogens with one attached hydrogen (secondary N) is 1. The number of hydrogen-bond acceptors (Lipinski definition) is 4. The van der Waals surface area contributed by atoms with Gasteiger partial charge in [-0.3, -0.25) is 0 Å². The van der Waals surface area contributed by atoms with Crippen molar-refractivity contribution in [2.24, 2.45) is 0 Å². The van der Waals surface area contributed by atoms with Crippen molar-refractivity contribution in [2.75, 3.05) is 7.05 Å². The minimum Gasteiger partial charge on any atom is -0.313 e. The second-order valence-electron chi connectivity index (χ2n) is 3.58. The van der Waals surface area contributed by atoms with Gasteiger partial charge >= 0.3 is 0 Å². The second kappa shape index (κ2) is 5.40. The molecule has 0 aliphatic heterocycles. The van der Waals surface area contributed by atoms with E-state index in [0.717, 1.165) is 11.4 Å². The zero-order chi connectivity index (χ0) is 11.5. The van der Waals surface area contributed by atoms with Crippen molar-refractivity contribution < 1.29 is 0 Å². The molecule has 0 saturated heterocycles. The third-order valence-corrected chi connectivity index (χ3v) is 5.02. The standard InChI is InChI=1S/C11H13BrN2S2/c1-7-14-8(4-16-7)3-11(13-2)9-5-15-6-10(9)12/h4-6,11,13H,3H2,1-2H3. The first-order valence-corrected chi connectivity index (χ1v) is 7.62. The molecule has 2 rings (SSSR count). The Morgan fingerprint density at radius 2 is 2.25 bits per heavy atom. The molecule has 2 heterocycles. The molecule has 2 nitrogen and oxygen atoms in total. The smallest absolute Gasteiger partial charge is 0.0897 e. The molecule has 0 amide bonds. The number of halogens is 1. The van der Waals surface area contributed by atoms with Gasteiger partial charge in [-0.25, -0.2) is 4.98 Å². The van der Waals surface area contributed by atoms with Gasteiger partial charge in [0, 0.05) is 27.7 Å². The van der Waals surface area contributed by atoms with Crippen LogP contribution in [0.4, 0.5) is 0 Å². The van der Waals surface area contributed by atoms with Crippen molar-refractivity contribution in [1.82, 2.24) is 10.3 Å². The first-order valence-electron chi connectivity index (χ1n) is 5.00. The van der Waals surface area contributed by atoms with Crippen LogP contribution >= 0.6 is 38.6 Å². The Kier molecular flexibility index (Phi) is 4.13. The van der Waals surface area contributed by atoms with Crippen LogP contribution in [0.15, 0.2) is 20.6 Å². The van der Waals surface area contributed by atoms with Crippen LogP contribution in [0.2, 0.25) is 0 Å². The van der Waals surface area contributed by atoms with Crippen LogP contribution in [0.1, 0.15) is 22.3 Å². The number of nitrogens with zero attached hydrogens (tertiary/aromatic N) is 1. The predicted molar refractivity (Wildman–Crippen MR) is 74.4 cm³/mol. The lowest BCUT2D eigenvalue weighted by Gasteiger charge is -2.14. The first-order chi connectivity index (χ1) is 7.70. The van der Waals surface area contributed by atoms with Crippen molar-refractivity contribution in [3.63, 3.8) is 0 Å². The Balaban J connectivity index is 2.15. The van der Waals surface area contributed by atoms with Crippen molar-refractivity contribution in [2.45, 2.75) is 19.4 Å². The maximum atomic E-state index is 4.50. The number of aryl methyl sites for hydroxylation is 1. The molecule has 1 unspecified atom stereocenters. The van der Waals surface area contributed by atoms with E-state index in [1.165, 1.54) is 15.7 Å². The Hall–Kier alpha value is -0.230. The molecule has 1 atom stereocenters. The van der Waals surface area contributed by atoms with Crippen LogP contribution < -0.4 is 5.32 Å². The summed E-state index contributed by atoms with van der Waals surface area (Å²) >= 11 is 7.01. The van der Waals surface area contributed by atoms with E-state index >= 15 is 0 Å². The van der Waals surface area contributed by atoms with Gasteiger partial charge in [0.1, 0.15) is 0 Å². The van der Waals surface area contributed by atoms with Gasteiger partial charge in [-0.15, -0.1) is 11.3 Å². The molecule has 16 heavy (non-hydrogen) atoms. The Morgan fingerprint density at radius 3 is 2.75 bits per heavy atom. The fourth-order valence-corrected chi connectivity index (χ4v) is 3.87. The molecular formula is C11H13BrN2S2. The molecule has 5 heteroatoms. The van der Waals surface area contributed by atoms with Gasteiger partial charge in [0.15, 0.2) is 0 Å². The van der Waals surface area contributed by atoms with E-state index < -0.39 is 0 Å².